The van der Waals surface area contributed by atoms with Crippen molar-refractivity contribution in [2.45, 2.75) is 6.42 Å². The second-order valence-corrected chi connectivity index (χ2v) is 3.06. The highest BCUT2D eigenvalue weighted by Gasteiger charge is 2.22. The van der Waals surface area contributed by atoms with Gasteiger partial charge in [-0.05, 0) is 0 Å². The van der Waals surface area contributed by atoms with E-state index < -0.39 is 5.97 Å². The maximum atomic E-state index is 11.1. The molecule has 2 N–H and O–H groups in total. The molecule has 0 atom stereocenters. The third-order valence-corrected chi connectivity index (χ3v) is 1.93. The molecular weight excluding hydrogens is 200 g/mol. The molecule has 15 heavy (non-hydrogen) atoms. The standard InChI is InChI=1S/C9H12N2O4/c12-7-1-2-8(13)11(7)6-5-10-4-3-9(14)15/h1-2,10H,3-6H2,(H,14,15). The summed E-state index contributed by atoms with van der Waals surface area (Å²) in [5, 5.41) is 11.2. The first kappa shape index (κ1) is 11.4. The molecule has 0 unspecified atom stereocenters. The lowest BCUT2D eigenvalue weighted by molar-refractivity contribution is -0.138. The van der Waals surface area contributed by atoms with Crippen molar-refractivity contribution < 1.29 is 19.5 Å². The van der Waals surface area contributed by atoms with Crippen LogP contribution in [0.4, 0.5) is 0 Å². The molecule has 6 heteroatoms. The second-order valence-electron chi connectivity index (χ2n) is 3.06. The molecule has 0 bridgehead atoms. The lowest BCUT2D eigenvalue weighted by Gasteiger charge is -2.13. The lowest BCUT2D eigenvalue weighted by atomic mass is 10.4. The highest BCUT2D eigenvalue weighted by molar-refractivity contribution is 6.12. The van der Waals surface area contributed by atoms with Crippen molar-refractivity contribution in [3.8, 4) is 0 Å². The van der Waals surface area contributed by atoms with E-state index >= 15 is 0 Å². The Labute approximate surface area is 86.6 Å². The normalized spacial score (nSPS) is 15.1. The van der Waals surface area contributed by atoms with Crippen LogP contribution >= 0.6 is 0 Å². The van der Waals surface area contributed by atoms with Gasteiger partial charge in [-0.3, -0.25) is 19.3 Å². The topological polar surface area (TPSA) is 86.7 Å². The smallest absolute Gasteiger partial charge is 0.304 e. The maximum absolute atomic E-state index is 11.1. The average molecular weight is 212 g/mol. The van der Waals surface area contributed by atoms with Crippen molar-refractivity contribution >= 4 is 17.8 Å². The van der Waals surface area contributed by atoms with Gasteiger partial charge in [0.2, 0.25) is 0 Å². The average Bonchev–Trinajstić information content (AvgIpc) is 2.47. The minimum Gasteiger partial charge on any atom is -0.481 e. The van der Waals surface area contributed by atoms with Crippen molar-refractivity contribution in [3.05, 3.63) is 12.2 Å². The summed E-state index contributed by atoms with van der Waals surface area (Å²) in [7, 11) is 0. The summed E-state index contributed by atoms with van der Waals surface area (Å²) in [5.74, 6) is -1.52. The first-order chi connectivity index (χ1) is 7.11. The minimum atomic E-state index is -0.877. The first-order valence-corrected chi connectivity index (χ1v) is 4.57. The van der Waals surface area contributed by atoms with E-state index in [1.165, 1.54) is 12.2 Å². The van der Waals surface area contributed by atoms with Crippen LogP contribution in [0.5, 0.6) is 0 Å². The van der Waals surface area contributed by atoms with Gasteiger partial charge < -0.3 is 10.4 Å². The Morgan fingerprint density at radius 2 is 1.87 bits per heavy atom. The SMILES string of the molecule is O=C(O)CCNCCN1C(=O)C=CC1=O. The Kier molecular flexibility index (Phi) is 3.99. The predicted molar refractivity (Wildman–Crippen MR) is 51.0 cm³/mol. The Morgan fingerprint density at radius 1 is 1.27 bits per heavy atom. The van der Waals surface area contributed by atoms with Gasteiger partial charge in [-0.1, -0.05) is 0 Å². The fraction of sp³-hybridized carbons (Fsp3) is 0.444. The number of carbonyl (C=O) groups excluding carboxylic acids is 2. The molecule has 82 valence electrons. The van der Waals surface area contributed by atoms with Crippen molar-refractivity contribution in [2.75, 3.05) is 19.6 Å². The van der Waals surface area contributed by atoms with Crippen LogP contribution in [0.15, 0.2) is 12.2 Å². The van der Waals surface area contributed by atoms with Gasteiger partial charge in [0.05, 0.1) is 6.42 Å². The number of carbonyl (C=O) groups is 3. The molecule has 0 fully saturated rings. The van der Waals surface area contributed by atoms with Gasteiger partial charge in [-0.15, -0.1) is 0 Å². The molecule has 0 aromatic heterocycles. The van der Waals surface area contributed by atoms with Gasteiger partial charge in [0, 0.05) is 31.8 Å². The highest BCUT2D eigenvalue weighted by Crippen LogP contribution is 2.01. The lowest BCUT2D eigenvalue weighted by Crippen LogP contribution is -2.36. The summed E-state index contributed by atoms with van der Waals surface area (Å²) >= 11 is 0. The zero-order valence-electron chi connectivity index (χ0n) is 8.10. The number of nitrogens with one attached hydrogen (secondary N) is 1. The number of amides is 2. The first-order valence-electron chi connectivity index (χ1n) is 4.57. The largest absolute Gasteiger partial charge is 0.481 e. The predicted octanol–water partition coefficient (Wildman–Crippen LogP) is -1.02. The molecule has 0 radical (unpaired) electrons. The maximum Gasteiger partial charge on any atom is 0.304 e. The van der Waals surface area contributed by atoms with Gasteiger partial charge in [-0.2, -0.15) is 0 Å². The van der Waals surface area contributed by atoms with Crippen molar-refractivity contribution in [1.29, 1.82) is 0 Å². The number of imide groups is 1. The number of carboxylic acid groups (broad SMARTS) is 1. The Bertz CT molecular complexity index is 293. The van der Waals surface area contributed by atoms with Gasteiger partial charge in [0.15, 0.2) is 0 Å². The van der Waals surface area contributed by atoms with Crippen LogP contribution in [0.1, 0.15) is 6.42 Å². The van der Waals surface area contributed by atoms with E-state index in [4.69, 9.17) is 5.11 Å². The zero-order chi connectivity index (χ0) is 11.3. The van der Waals surface area contributed by atoms with E-state index in [-0.39, 0.29) is 24.8 Å². The molecule has 0 aromatic carbocycles. The monoisotopic (exact) mass is 212 g/mol. The summed E-state index contributed by atoms with van der Waals surface area (Å²) < 4.78 is 0. The Hall–Kier alpha value is -1.69. The highest BCUT2D eigenvalue weighted by atomic mass is 16.4. The quantitative estimate of drug-likeness (QED) is 0.434. The summed E-state index contributed by atoms with van der Waals surface area (Å²) in [6.07, 6.45) is 2.47. The van der Waals surface area contributed by atoms with Gasteiger partial charge in [-0.25, -0.2) is 0 Å². The van der Waals surface area contributed by atoms with Crippen LogP contribution in [0.3, 0.4) is 0 Å². The number of hydrogen-bond donors (Lipinski definition) is 2. The second kappa shape index (κ2) is 5.26. The molecule has 0 aliphatic carbocycles. The van der Waals surface area contributed by atoms with E-state index in [0.29, 0.717) is 13.1 Å². The van der Waals surface area contributed by atoms with E-state index in [1.807, 2.05) is 0 Å². The van der Waals surface area contributed by atoms with Crippen LogP contribution in [0, 0.1) is 0 Å². The summed E-state index contributed by atoms with van der Waals surface area (Å²) in [6.45, 7) is 1.01. The number of hydrogen-bond acceptors (Lipinski definition) is 4. The Morgan fingerprint density at radius 3 is 2.40 bits per heavy atom. The molecule has 1 rings (SSSR count). The summed E-state index contributed by atoms with van der Waals surface area (Å²) in [6, 6.07) is 0. The van der Waals surface area contributed by atoms with Crippen molar-refractivity contribution in [2.24, 2.45) is 0 Å². The number of carboxylic acids is 1. The molecular formula is C9H12N2O4. The van der Waals surface area contributed by atoms with Crippen LogP contribution in [-0.4, -0.2) is 47.4 Å². The molecule has 1 aliphatic heterocycles. The van der Waals surface area contributed by atoms with E-state index in [9.17, 15) is 14.4 Å². The number of rotatable bonds is 6. The van der Waals surface area contributed by atoms with E-state index in [1.54, 1.807) is 0 Å². The van der Waals surface area contributed by atoms with Crippen LogP contribution in [0.2, 0.25) is 0 Å². The Balaban J connectivity index is 2.13. The van der Waals surface area contributed by atoms with E-state index in [2.05, 4.69) is 5.32 Å². The van der Waals surface area contributed by atoms with Gasteiger partial charge in [0.1, 0.15) is 0 Å². The molecule has 6 nitrogen and oxygen atoms in total. The summed E-state index contributed by atoms with van der Waals surface area (Å²) in [4.78, 5) is 33.4. The zero-order valence-corrected chi connectivity index (χ0v) is 8.10. The number of nitrogens with zero attached hydrogens (tertiary/aromatic N) is 1. The van der Waals surface area contributed by atoms with Crippen LogP contribution < -0.4 is 5.32 Å². The molecule has 0 aromatic rings. The van der Waals surface area contributed by atoms with Crippen LogP contribution in [0.25, 0.3) is 0 Å². The fourth-order valence-corrected chi connectivity index (χ4v) is 1.16. The molecule has 0 saturated carbocycles. The molecule has 0 saturated heterocycles. The third kappa shape index (κ3) is 3.51. The number of aliphatic carboxylic acids is 1. The molecule has 0 spiro atoms. The van der Waals surface area contributed by atoms with Crippen molar-refractivity contribution in [1.82, 2.24) is 10.2 Å². The summed E-state index contributed by atoms with van der Waals surface area (Å²) in [5.41, 5.74) is 0. The third-order valence-electron chi connectivity index (χ3n) is 1.93. The fourth-order valence-electron chi connectivity index (χ4n) is 1.16. The van der Waals surface area contributed by atoms with Crippen molar-refractivity contribution in [3.63, 3.8) is 0 Å². The molecule has 2 amide bonds. The van der Waals surface area contributed by atoms with E-state index in [0.717, 1.165) is 4.90 Å². The molecule has 1 aliphatic rings. The molecule has 1 heterocycles. The van der Waals surface area contributed by atoms with Gasteiger partial charge in [0.25, 0.3) is 11.8 Å². The minimum absolute atomic E-state index is 0.0279. The van der Waals surface area contributed by atoms with Crippen LogP contribution in [-0.2, 0) is 14.4 Å². The van der Waals surface area contributed by atoms with Gasteiger partial charge >= 0.3 is 5.97 Å².